The van der Waals surface area contributed by atoms with E-state index in [0.717, 1.165) is 6.42 Å². The standard InChI is InChI=1S/C9H14O3/c1-2-4-9(10)12-8-5-3-6-11-7-8/h3,8H,1-2,4-7H2. The summed E-state index contributed by atoms with van der Waals surface area (Å²) >= 11 is 0. The molecule has 0 N–H and O–H groups in total. The second kappa shape index (κ2) is 5.14. The van der Waals surface area contributed by atoms with Crippen molar-refractivity contribution in [3.8, 4) is 0 Å². The van der Waals surface area contributed by atoms with E-state index >= 15 is 0 Å². The lowest BCUT2D eigenvalue weighted by molar-refractivity contribution is -0.153. The molecule has 0 bridgehead atoms. The van der Waals surface area contributed by atoms with Crippen molar-refractivity contribution in [3.05, 3.63) is 13.3 Å². The minimum Gasteiger partial charge on any atom is -0.460 e. The van der Waals surface area contributed by atoms with Crippen LogP contribution in [0.4, 0.5) is 0 Å². The molecular formula is C9H14O3. The second-order valence-corrected chi connectivity index (χ2v) is 2.78. The summed E-state index contributed by atoms with van der Waals surface area (Å²) in [6, 6.07) is 0. The van der Waals surface area contributed by atoms with Gasteiger partial charge in [0.25, 0.3) is 0 Å². The average Bonchev–Trinajstić information content (AvgIpc) is 2.06. The predicted molar refractivity (Wildman–Crippen MR) is 44.2 cm³/mol. The number of hydrogen-bond acceptors (Lipinski definition) is 3. The first-order valence-electron chi connectivity index (χ1n) is 4.21. The summed E-state index contributed by atoms with van der Waals surface area (Å²) in [7, 11) is 0. The fourth-order valence-electron chi connectivity index (χ4n) is 1.08. The zero-order valence-electron chi connectivity index (χ0n) is 7.12. The smallest absolute Gasteiger partial charge is 0.306 e. The van der Waals surface area contributed by atoms with E-state index in [-0.39, 0.29) is 12.1 Å². The van der Waals surface area contributed by atoms with Crippen molar-refractivity contribution in [1.82, 2.24) is 0 Å². The molecule has 12 heavy (non-hydrogen) atoms. The third-order valence-corrected chi connectivity index (χ3v) is 1.65. The van der Waals surface area contributed by atoms with Crippen LogP contribution in [-0.4, -0.2) is 25.3 Å². The van der Waals surface area contributed by atoms with Gasteiger partial charge in [0.1, 0.15) is 6.10 Å². The first-order valence-corrected chi connectivity index (χ1v) is 4.21. The molecule has 68 valence electrons. The molecule has 0 aliphatic carbocycles. The summed E-state index contributed by atoms with van der Waals surface area (Å²) in [5.74, 6) is -0.172. The Morgan fingerprint density at radius 3 is 3.17 bits per heavy atom. The van der Waals surface area contributed by atoms with Crippen LogP contribution < -0.4 is 0 Å². The number of carbonyl (C=O) groups excluding carboxylic acids is 1. The van der Waals surface area contributed by atoms with E-state index in [9.17, 15) is 4.79 Å². The van der Waals surface area contributed by atoms with E-state index in [4.69, 9.17) is 9.47 Å². The quantitative estimate of drug-likeness (QED) is 0.596. The van der Waals surface area contributed by atoms with Crippen LogP contribution in [0.2, 0.25) is 0 Å². The van der Waals surface area contributed by atoms with Crippen LogP contribution in [0.5, 0.6) is 0 Å². The summed E-state index contributed by atoms with van der Waals surface area (Å²) in [4.78, 5) is 11.0. The molecule has 0 saturated carbocycles. The van der Waals surface area contributed by atoms with Crippen molar-refractivity contribution in [2.75, 3.05) is 13.2 Å². The Balaban J connectivity index is 2.15. The molecule has 1 atom stereocenters. The summed E-state index contributed by atoms with van der Waals surface area (Å²) < 4.78 is 10.2. The van der Waals surface area contributed by atoms with Crippen LogP contribution in [0.3, 0.4) is 0 Å². The summed E-state index contributed by atoms with van der Waals surface area (Å²) in [6.45, 7) is 4.78. The number of carbonyl (C=O) groups is 1. The van der Waals surface area contributed by atoms with Crippen LogP contribution in [0, 0.1) is 13.3 Å². The van der Waals surface area contributed by atoms with Gasteiger partial charge in [-0.1, -0.05) is 6.92 Å². The molecule has 0 amide bonds. The lowest BCUT2D eigenvalue weighted by Gasteiger charge is -2.21. The summed E-state index contributed by atoms with van der Waals surface area (Å²) in [5, 5.41) is 0. The van der Waals surface area contributed by atoms with E-state index in [1.54, 1.807) is 0 Å². The minimum absolute atomic E-state index is 0.0715. The molecule has 2 radical (unpaired) electrons. The van der Waals surface area contributed by atoms with Gasteiger partial charge in [0.05, 0.1) is 13.2 Å². The fraction of sp³-hybridized carbons (Fsp3) is 0.667. The van der Waals surface area contributed by atoms with Gasteiger partial charge < -0.3 is 9.47 Å². The molecular weight excluding hydrogens is 156 g/mol. The van der Waals surface area contributed by atoms with E-state index in [2.05, 4.69) is 6.92 Å². The third kappa shape index (κ3) is 3.22. The van der Waals surface area contributed by atoms with Crippen LogP contribution >= 0.6 is 0 Å². The number of ether oxygens (including phenoxy) is 2. The van der Waals surface area contributed by atoms with Crippen LogP contribution in [0.25, 0.3) is 0 Å². The molecule has 1 saturated heterocycles. The van der Waals surface area contributed by atoms with Gasteiger partial charge in [-0.2, -0.15) is 0 Å². The van der Waals surface area contributed by atoms with Gasteiger partial charge in [-0.05, 0) is 19.3 Å². The van der Waals surface area contributed by atoms with Crippen molar-refractivity contribution in [2.24, 2.45) is 0 Å². The maximum absolute atomic E-state index is 11.0. The topological polar surface area (TPSA) is 35.5 Å². The van der Waals surface area contributed by atoms with Crippen molar-refractivity contribution < 1.29 is 14.3 Å². The summed E-state index contributed by atoms with van der Waals surface area (Å²) in [5.41, 5.74) is 0. The van der Waals surface area contributed by atoms with E-state index in [1.165, 1.54) is 0 Å². The Labute approximate surface area is 73.0 Å². The molecule has 1 unspecified atom stereocenters. The van der Waals surface area contributed by atoms with Gasteiger partial charge >= 0.3 is 5.97 Å². The lowest BCUT2D eigenvalue weighted by atomic mass is 10.2. The van der Waals surface area contributed by atoms with E-state index in [0.29, 0.717) is 26.1 Å². The van der Waals surface area contributed by atoms with Crippen LogP contribution in [0.15, 0.2) is 0 Å². The summed E-state index contributed by atoms with van der Waals surface area (Å²) in [6.07, 6.45) is 3.71. The SMILES string of the molecule is [CH2]CCC(=O)OC1C[CH]COC1. The van der Waals surface area contributed by atoms with E-state index in [1.807, 2.05) is 6.42 Å². The van der Waals surface area contributed by atoms with Gasteiger partial charge in [0.15, 0.2) is 0 Å². The Kier molecular flexibility index (Phi) is 4.08. The van der Waals surface area contributed by atoms with Crippen molar-refractivity contribution in [3.63, 3.8) is 0 Å². The van der Waals surface area contributed by atoms with Crippen molar-refractivity contribution in [1.29, 1.82) is 0 Å². The maximum Gasteiger partial charge on any atom is 0.306 e. The fourth-order valence-corrected chi connectivity index (χ4v) is 1.08. The highest BCUT2D eigenvalue weighted by Gasteiger charge is 2.17. The molecule has 3 nitrogen and oxygen atoms in total. The highest BCUT2D eigenvalue weighted by molar-refractivity contribution is 5.69. The van der Waals surface area contributed by atoms with Crippen LogP contribution in [0.1, 0.15) is 19.3 Å². The van der Waals surface area contributed by atoms with Gasteiger partial charge in [-0.25, -0.2) is 0 Å². The Morgan fingerprint density at radius 2 is 2.58 bits per heavy atom. The largest absolute Gasteiger partial charge is 0.460 e. The zero-order chi connectivity index (χ0) is 8.81. The van der Waals surface area contributed by atoms with Crippen molar-refractivity contribution >= 4 is 5.97 Å². The molecule has 0 aromatic carbocycles. The minimum atomic E-state index is -0.172. The highest BCUT2D eigenvalue weighted by atomic mass is 16.6. The molecule has 3 heteroatoms. The second-order valence-electron chi connectivity index (χ2n) is 2.78. The first kappa shape index (κ1) is 9.52. The molecule has 1 aliphatic heterocycles. The third-order valence-electron chi connectivity index (χ3n) is 1.65. The number of esters is 1. The van der Waals surface area contributed by atoms with Gasteiger partial charge in [-0.3, -0.25) is 4.79 Å². The van der Waals surface area contributed by atoms with Gasteiger partial charge in [0.2, 0.25) is 0 Å². The molecule has 1 rings (SSSR count). The number of rotatable bonds is 3. The highest BCUT2D eigenvalue weighted by Crippen LogP contribution is 2.09. The first-order chi connectivity index (χ1) is 5.83. The Bertz CT molecular complexity index is 139. The van der Waals surface area contributed by atoms with Gasteiger partial charge in [-0.15, -0.1) is 0 Å². The van der Waals surface area contributed by atoms with E-state index < -0.39 is 0 Å². The van der Waals surface area contributed by atoms with Crippen molar-refractivity contribution in [2.45, 2.75) is 25.4 Å². The Hall–Kier alpha value is -0.570. The molecule has 0 aromatic heterocycles. The molecule has 1 fully saturated rings. The molecule has 1 aliphatic rings. The monoisotopic (exact) mass is 170 g/mol. The molecule has 0 aromatic rings. The lowest BCUT2D eigenvalue weighted by Crippen LogP contribution is -2.28. The molecule has 0 spiro atoms. The average molecular weight is 170 g/mol. The predicted octanol–water partition coefficient (Wildman–Crippen LogP) is 1.14. The number of hydrogen-bond donors (Lipinski definition) is 0. The Morgan fingerprint density at radius 1 is 1.75 bits per heavy atom. The maximum atomic E-state index is 11.0. The van der Waals surface area contributed by atoms with Gasteiger partial charge in [0, 0.05) is 6.42 Å². The normalized spacial score (nSPS) is 23.6. The van der Waals surface area contributed by atoms with Crippen LogP contribution in [-0.2, 0) is 14.3 Å². The molecule has 1 heterocycles. The zero-order valence-corrected chi connectivity index (χ0v) is 7.12.